The number of halogens is 7. The number of aromatic nitrogens is 1. The molecule has 1 atom stereocenters. The minimum atomic E-state index is -4.78. The monoisotopic (exact) mass is 535 g/mol. The molecule has 0 bridgehead atoms. The number of nitrogens with zero attached hydrogens (tertiary/aromatic N) is 1. The van der Waals surface area contributed by atoms with Gasteiger partial charge in [-0.25, -0.2) is 0 Å². The summed E-state index contributed by atoms with van der Waals surface area (Å²) < 4.78 is 72.0. The van der Waals surface area contributed by atoms with Gasteiger partial charge in [-0.3, -0.25) is 4.98 Å². The smallest absolute Gasteiger partial charge is 0.376 e. The van der Waals surface area contributed by atoms with E-state index in [0.29, 0.717) is 23.2 Å². The van der Waals surface area contributed by atoms with E-state index in [9.17, 15) is 31.4 Å². The standard InChI is InChI=1S/C20H15ClF3NOS.C4H5F3.CH4/c1-19(26,20(22,23)24)14-8-9-17(25-12-14)13-7-10-18(16(21)11-13)27-15-5-3-2-4-6-15;1-3(2)4(5,6)7;/h2-12,26H,1H3;1H2,2H3;1H4. The minimum absolute atomic E-state index is 0. The summed E-state index contributed by atoms with van der Waals surface area (Å²) in [5.41, 5.74) is -2.88. The van der Waals surface area contributed by atoms with Gasteiger partial charge in [-0.2, -0.15) is 26.3 Å². The zero-order valence-corrected chi connectivity index (χ0v) is 19.6. The molecule has 0 radical (unpaired) electrons. The molecule has 1 heterocycles. The zero-order valence-electron chi connectivity index (χ0n) is 18.0. The molecule has 0 spiro atoms. The highest BCUT2D eigenvalue weighted by Gasteiger charge is 2.51. The van der Waals surface area contributed by atoms with Crippen LogP contribution in [0.25, 0.3) is 11.3 Å². The Kier molecular flexibility index (Phi) is 10.4. The maximum atomic E-state index is 12.9. The first-order valence-electron chi connectivity index (χ1n) is 9.64. The number of allylic oxidation sites excluding steroid dienone is 1. The van der Waals surface area contributed by atoms with Crippen molar-refractivity contribution in [1.82, 2.24) is 4.98 Å². The highest BCUT2D eigenvalue weighted by Crippen LogP contribution is 2.39. The Morgan fingerprint density at radius 3 is 1.97 bits per heavy atom. The molecule has 35 heavy (non-hydrogen) atoms. The minimum Gasteiger partial charge on any atom is -0.376 e. The molecular weight excluding hydrogens is 512 g/mol. The Morgan fingerprint density at radius 2 is 1.54 bits per heavy atom. The lowest BCUT2D eigenvalue weighted by atomic mass is 9.96. The van der Waals surface area contributed by atoms with Crippen molar-refractivity contribution >= 4 is 23.4 Å². The number of pyridine rings is 1. The number of benzene rings is 2. The normalized spacial score (nSPS) is 13.1. The summed E-state index contributed by atoms with van der Waals surface area (Å²) in [6, 6.07) is 17.8. The average Bonchev–Trinajstić information content (AvgIpc) is 2.75. The van der Waals surface area contributed by atoms with E-state index in [2.05, 4.69) is 11.6 Å². The van der Waals surface area contributed by atoms with Crippen LogP contribution in [0.2, 0.25) is 5.02 Å². The third-order valence-corrected chi connectivity index (χ3v) is 6.07. The quantitative estimate of drug-likeness (QED) is 0.267. The van der Waals surface area contributed by atoms with Gasteiger partial charge in [0, 0.05) is 32.7 Å². The Balaban J connectivity index is 0.000000672. The molecule has 0 aliphatic heterocycles. The van der Waals surface area contributed by atoms with Crippen molar-refractivity contribution in [3.05, 3.63) is 89.6 Å². The fourth-order valence-electron chi connectivity index (χ4n) is 2.37. The van der Waals surface area contributed by atoms with Gasteiger partial charge in [-0.05, 0) is 44.2 Å². The predicted molar refractivity (Wildman–Crippen MR) is 128 cm³/mol. The van der Waals surface area contributed by atoms with Gasteiger partial charge in [0.2, 0.25) is 0 Å². The lowest BCUT2D eigenvalue weighted by Crippen LogP contribution is -2.39. The molecule has 1 unspecified atom stereocenters. The molecule has 0 amide bonds. The summed E-state index contributed by atoms with van der Waals surface area (Å²) in [6.07, 6.45) is -7.95. The Labute approximate surface area is 209 Å². The summed E-state index contributed by atoms with van der Waals surface area (Å²) >= 11 is 7.87. The highest BCUT2D eigenvalue weighted by molar-refractivity contribution is 7.99. The number of hydrogen-bond acceptors (Lipinski definition) is 3. The zero-order chi connectivity index (χ0) is 25.7. The Bertz CT molecular complexity index is 1110. The first-order valence-corrected chi connectivity index (χ1v) is 10.8. The molecule has 1 N–H and O–H groups in total. The van der Waals surface area contributed by atoms with E-state index < -0.39 is 23.5 Å². The van der Waals surface area contributed by atoms with E-state index in [0.717, 1.165) is 22.9 Å². The fourth-order valence-corrected chi connectivity index (χ4v) is 3.51. The van der Waals surface area contributed by atoms with E-state index in [4.69, 9.17) is 11.6 Å². The largest absolute Gasteiger partial charge is 0.421 e. The van der Waals surface area contributed by atoms with Gasteiger partial charge in [0.1, 0.15) is 0 Å². The van der Waals surface area contributed by atoms with Crippen LogP contribution in [0.5, 0.6) is 0 Å². The second kappa shape index (κ2) is 12.0. The van der Waals surface area contributed by atoms with Crippen LogP contribution in [0.1, 0.15) is 26.8 Å². The van der Waals surface area contributed by atoms with Crippen LogP contribution in [-0.2, 0) is 5.60 Å². The molecule has 0 aliphatic rings. The second-order valence-electron chi connectivity index (χ2n) is 7.34. The number of hydrogen-bond donors (Lipinski definition) is 1. The van der Waals surface area contributed by atoms with Crippen molar-refractivity contribution in [3.63, 3.8) is 0 Å². The summed E-state index contributed by atoms with van der Waals surface area (Å²) in [4.78, 5) is 5.97. The van der Waals surface area contributed by atoms with Crippen molar-refractivity contribution < 1.29 is 31.4 Å². The topological polar surface area (TPSA) is 33.1 Å². The molecule has 0 saturated heterocycles. The van der Waals surface area contributed by atoms with Gasteiger partial charge in [-0.1, -0.05) is 67.7 Å². The van der Waals surface area contributed by atoms with E-state index >= 15 is 0 Å². The first-order chi connectivity index (χ1) is 15.6. The molecule has 1 aromatic heterocycles. The van der Waals surface area contributed by atoms with E-state index in [1.54, 1.807) is 12.1 Å². The number of rotatable bonds is 4. The van der Waals surface area contributed by atoms with E-state index in [1.165, 1.54) is 23.9 Å². The summed E-state index contributed by atoms with van der Waals surface area (Å²) in [7, 11) is 0. The van der Waals surface area contributed by atoms with Gasteiger partial charge in [-0.15, -0.1) is 0 Å². The lowest BCUT2D eigenvalue weighted by molar-refractivity contribution is -0.259. The van der Waals surface area contributed by atoms with Crippen molar-refractivity contribution in [2.45, 2.75) is 49.0 Å². The van der Waals surface area contributed by atoms with Crippen molar-refractivity contribution in [2.24, 2.45) is 0 Å². The molecule has 0 saturated carbocycles. The second-order valence-corrected chi connectivity index (χ2v) is 8.86. The van der Waals surface area contributed by atoms with Gasteiger partial charge in [0.05, 0.1) is 10.7 Å². The van der Waals surface area contributed by atoms with Crippen molar-refractivity contribution in [1.29, 1.82) is 0 Å². The summed E-state index contributed by atoms with van der Waals surface area (Å²) in [5.74, 6) is 0. The van der Waals surface area contributed by atoms with Gasteiger partial charge < -0.3 is 5.11 Å². The summed E-state index contributed by atoms with van der Waals surface area (Å²) in [6.45, 7) is 4.34. The maximum absolute atomic E-state index is 12.9. The average molecular weight is 536 g/mol. The molecule has 0 aliphatic carbocycles. The van der Waals surface area contributed by atoms with Crippen LogP contribution in [0.4, 0.5) is 26.3 Å². The lowest BCUT2D eigenvalue weighted by Gasteiger charge is -2.26. The molecule has 3 rings (SSSR count). The molecule has 190 valence electrons. The number of aliphatic hydroxyl groups is 1. The van der Waals surface area contributed by atoms with Crippen LogP contribution >= 0.6 is 23.4 Å². The summed E-state index contributed by atoms with van der Waals surface area (Å²) in [5, 5.41) is 10.2. The van der Waals surface area contributed by atoms with Crippen molar-refractivity contribution in [3.8, 4) is 11.3 Å². The SMILES string of the molecule is C.C=C(C)C(F)(F)F.CC(O)(c1ccc(-c2ccc(Sc3ccccc3)c(Cl)c2)nc1)C(F)(F)F. The van der Waals surface area contributed by atoms with Gasteiger partial charge in [0.15, 0.2) is 5.60 Å². The maximum Gasteiger partial charge on any atom is 0.421 e. The molecule has 3 aromatic rings. The van der Waals surface area contributed by atoms with Crippen molar-refractivity contribution in [2.75, 3.05) is 0 Å². The van der Waals surface area contributed by atoms with Crippen LogP contribution in [0.15, 0.2) is 88.8 Å². The van der Waals surface area contributed by atoms with Crippen LogP contribution < -0.4 is 0 Å². The van der Waals surface area contributed by atoms with Crippen LogP contribution in [-0.4, -0.2) is 22.4 Å². The predicted octanol–water partition coefficient (Wildman–Crippen LogP) is 9.08. The van der Waals surface area contributed by atoms with E-state index in [-0.39, 0.29) is 13.0 Å². The molecule has 0 fully saturated rings. The third kappa shape index (κ3) is 8.30. The molecule has 2 nitrogen and oxygen atoms in total. The first kappa shape index (κ1) is 30.5. The van der Waals surface area contributed by atoms with E-state index in [1.807, 2.05) is 36.4 Å². The Morgan fingerprint density at radius 1 is 0.971 bits per heavy atom. The molecule has 2 aromatic carbocycles. The van der Waals surface area contributed by atoms with Gasteiger partial charge >= 0.3 is 12.4 Å². The van der Waals surface area contributed by atoms with Crippen LogP contribution in [0, 0.1) is 0 Å². The fraction of sp³-hybridized carbons (Fsp3) is 0.240. The van der Waals surface area contributed by atoms with Crippen LogP contribution in [0.3, 0.4) is 0 Å². The van der Waals surface area contributed by atoms with Gasteiger partial charge in [0.25, 0.3) is 0 Å². The Hall–Kier alpha value is -2.49. The highest BCUT2D eigenvalue weighted by atomic mass is 35.5. The molecule has 10 heteroatoms. The molecular formula is C25H24ClF6NOS. The third-order valence-electron chi connectivity index (χ3n) is 4.56. The number of alkyl halides is 6.